The predicted molar refractivity (Wildman–Crippen MR) is 179 cm³/mol. The lowest BCUT2D eigenvalue weighted by molar-refractivity contribution is -0.136. The van der Waals surface area contributed by atoms with E-state index < -0.39 is 24.3 Å². The van der Waals surface area contributed by atoms with Crippen LogP contribution in [0.15, 0.2) is 69.4 Å². The number of ether oxygens (including phenoxy) is 4. The summed E-state index contributed by atoms with van der Waals surface area (Å²) in [7, 11) is 1.27. The van der Waals surface area contributed by atoms with Crippen molar-refractivity contribution in [2.45, 2.75) is 32.7 Å². The molecule has 244 valence electrons. The smallest absolute Gasteiger partial charge is 0.337 e. The molecule has 0 radical (unpaired) electrons. The fourth-order valence-electron chi connectivity index (χ4n) is 4.40. The first-order valence-electron chi connectivity index (χ1n) is 13.8. The molecular formula is C31H30BrCl3N4O7. The first-order chi connectivity index (χ1) is 22.0. The number of rotatable bonds is 13. The molecule has 0 spiro atoms. The molecule has 3 aromatic rings. The van der Waals surface area contributed by atoms with Gasteiger partial charge < -0.3 is 34.7 Å². The topological polar surface area (TPSA) is 140 Å². The van der Waals surface area contributed by atoms with E-state index in [1.807, 2.05) is 0 Å². The van der Waals surface area contributed by atoms with Crippen LogP contribution in [0.25, 0.3) is 0 Å². The summed E-state index contributed by atoms with van der Waals surface area (Å²) in [6.45, 7) is 3.74. The standard InChI is InChI=1S/C31H30BrCl3N4O7/c1-4-44-25-11-18(28-27(30(41)43-3)16(2)37-31(42)38-28)6-8-24(25)45-15-26(40)39-36-13-17-9-21(32)29(23(35)10-17)46-14-19-5-7-20(33)12-22(19)34/h5-13,26,28,39-40H,4,14-15H2,1-3H3,(H2,37,38,42)/b36-13-/t26-,28-/m1/s1. The van der Waals surface area contributed by atoms with Crippen molar-refractivity contribution in [2.24, 2.45) is 5.10 Å². The van der Waals surface area contributed by atoms with Gasteiger partial charge in [-0.2, -0.15) is 5.10 Å². The molecule has 2 atom stereocenters. The average molecular weight is 757 g/mol. The SMILES string of the molecule is CCOc1cc([C@H]2NC(=O)NC(C)=C2C(=O)OC)ccc1OC[C@@H](O)N/N=C\c1cc(Cl)c(OCc2ccc(Cl)cc2Cl)c(Br)c1. The molecule has 0 bridgehead atoms. The van der Waals surface area contributed by atoms with Gasteiger partial charge in [-0.25, -0.2) is 9.59 Å². The number of hydrogen-bond donors (Lipinski definition) is 4. The Kier molecular flexibility index (Phi) is 12.4. The Hall–Kier alpha value is -3.68. The zero-order valence-electron chi connectivity index (χ0n) is 24.8. The highest BCUT2D eigenvalue weighted by atomic mass is 79.9. The number of benzene rings is 3. The van der Waals surface area contributed by atoms with Crippen LogP contribution in [0, 0.1) is 0 Å². The van der Waals surface area contributed by atoms with Gasteiger partial charge in [0.25, 0.3) is 0 Å². The van der Waals surface area contributed by atoms with Crippen molar-refractivity contribution in [3.63, 3.8) is 0 Å². The van der Waals surface area contributed by atoms with Gasteiger partial charge in [0.05, 0.1) is 41.0 Å². The maximum atomic E-state index is 12.4. The van der Waals surface area contributed by atoms with Crippen LogP contribution in [0.4, 0.5) is 4.79 Å². The second-order valence-electron chi connectivity index (χ2n) is 9.75. The minimum Gasteiger partial charge on any atom is -0.490 e. The Labute approximate surface area is 288 Å². The van der Waals surface area contributed by atoms with E-state index in [4.69, 9.17) is 53.8 Å². The Morgan fingerprint density at radius 2 is 1.87 bits per heavy atom. The van der Waals surface area contributed by atoms with Gasteiger partial charge in [-0.3, -0.25) is 5.43 Å². The number of nitrogens with zero attached hydrogens (tertiary/aromatic N) is 1. The number of esters is 1. The lowest BCUT2D eigenvalue weighted by atomic mass is 9.95. The van der Waals surface area contributed by atoms with E-state index in [1.165, 1.54) is 13.3 Å². The molecule has 2 amide bonds. The number of nitrogens with one attached hydrogen (secondary N) is 3. The fraction of sp³-hybridized carbons (Fsp3) is 0.258. The van der Waals surface area contributed by atoms with E-state index in [9.17, 15) is 14.7 Å². The van der Waals surface area contributed by atoms with Crippen LogP contribution in [0.3, 0.4) is 0 Å². The molecule has 1 aliphatic heterocycles. The summed E-state index contributed by atoms with van der Waals surface area (Å²) < 4.78 is 22.9. The second-order valence-corrected chi connectivity index (χ2v) is 11.9. The number of methoxy groups -OCH3 is 1. The van der Waals surface area contributed by atoms with E-state index in [0.29, 0.717) is 60.2 Å². The molecule has 0 fully saturated rings. The van der Waals surface area contributed by atoms with Crippen molar-refractivity contribution in [3.8, 4) is 17.2 Å². The van der Waals surface area contributed by atoms with Gasteiger partial charge in [0, 0.05) is 21.3 Å². The molecule has 15 heteroatoms. The normalized spacial score (nSPS) is 15.2. The van der Waals surface area contributed by atoms with Crippen LogP contribution < -0.4 is 30.3 Å². The predicted octanol–water partition coefficient (Wildman–Crippen LogP) is 6.51. The van der Waals surface area contributed by atoms with Gasteiger partial charge in [0.2, 0.25) is 0 Å². The summed E-state index contributed by atoms with van der Waals surface area (Å²) in [5.41, 5.74) is 5.18. The van der Waals surface area contributed by atoms with Gasteiger partial charge in [-0.1, -0.05) is 46.9 Å². The molecular weight excluding hydrogens is 727 g/mol. The quantitative estimate of drug-likeness (QED) is 0.0671. The molecule has 4 N–H and O–H groups in total. The number of halogens is 4. The summed E-state index contributed by atoms with van der Waals surface area (Å²) in [6.07, 6.45) is 0.290. The highest BCUT2D eigenvalue weighted by Gasteiger charge is 2.32. The monoisotopic (exact) mass is 754 g/mol. The van der Waals surface area contributed by atoms with Crippen LogP contribution >= 0.6 is 50.7 Å². The Balaban J connectivity index is 1.37. The molecule has 46 heavy (non-hydrogen) atoms. The van der Waals surface area contributed by atoms with Gasteiger partial charge in [-0.15, -0.1) is 0 Å². The molecule has 4 rings (SSSR count). The summed E-state index contributed by atoms with van der Waals surface area (Å²) in [5.74, 6) is 0.534. The highest BCUT2D eigenvalue weighted by molar-refractivity contribution is 9.10. The number of urea groups is 1. The number of aliphatic hydroxyl groups is 1. The Morgan fingerprint density at radius 3 is 2.57 bits per heavy atom. The third-order valence-electron chi connectivity index (χ3n) is 6.52. The zero-order chi connectivity index (χ0) is 33.4. The van der Waals surface area contributed by atoms with Crippen LogP contribution in [0.5, 0.6) is 17.2 Å². The van der Waals surface area contributed by atoms with Crippen molar-refractivity contribution in [1.82, 2.24) is 16.1 Å². The van der Waals surface area contributed by atoms with E-state index >= 15 is 0 Å². The third kappa shape index (κ3) is 8.98. The number of aliphatic hydroxyl groups excluding tert-OH is 1. The molecule has 0 unspecified atom stereocenters. The highest BCUT2D eigenvalue weighted by Crippen LogP contribution is 2.36. The van der Waals surface area contributed by atoms with Crippen molar-refractivity contribution >= 4 is 68.9 Å². The zero-order valence-corrected chi connectivity index (χ0v) is 28.7. The molecule has 11 nitrogen and oxygen atoms in total. The first kappa shape index (κ1) is 35.2. The van der Waals surface area contributed by atoms with E-state index in [-0.39, 0.29) is 18.8 Å². The first-order valence-corrected chi connectivity index (χ1v) is 15.7. The molecule has 1 aliphatic rings. The van der Waals surface area contributed by atoms with Gasteiger partial charge in [0.1, 0.15) is 13.2 Å². The maximum Gasteiger partial charge on any atom is 0.337 e. The number of carbonyl (C=O) groups is 2. The summed E-state index contributed by atoms with van der Waals surface area (Å²) in [5, 5.41) is 21.2. The minimum atomic E-state index is -1.18. The third-order valence-corrected chi connectivity index (χ3v) is 7.97. The largest absolute Gasteiger partial charge is 0.490 e. The van der Waals surface area contributed by atoms with E-state index in [1.54, 1.807) is 62.4 Å². The van der Waals surface area contributed by atoms with Crippen molar-refractivity contribution < 1.29 is 33.6 Å². The number of amides is 2. The van der Waals surface area contributed by atoms with Gasteiger partial charge in [-0.05, 0) is 77.3 Å². The van der Waals surface area contributed by atoms with Crippen molar-refractivity contribution in [1.29, 1.82) is 0 Å². The Morgan fingerprint density at radius 1 is 1.09 bits per heavy atom. The number of carbonyl (C=O) groups excluding carboxylic acids is 2. The second kappa shape index (κ2) is 16.2. The Bertz CT molecular complexity index is 1650. The van der Waals surface area contributed by atoms with Crippen molar-refractivity contribution in [2.75, 3.05) is 20.3 Å². The van der Waals surface area contributed by atoms with Gasteiger partial charge >= 0.3 is 12.0 Å². The summed E-state index contributed by atoms with van der Waals surface area (Å²) in [6, 6.07) is 12.3. The molecule has 0 saturated carbocycles. The van der Waals surface area contributed by atoms with Crippen LogP contribution in [-0.4, -0.2) is 49.9 Å². The average Bonchev–Trinajstić information content (AvgIpc) is 3.00. The van der Waals surface area contributed by atoms with Gasteiger partial charge in [0.15, 0.2) is 23.5 Å². The molecule has 0 aromatic heterocycles. The number of hydrogen-bond acceptors (Lipinski definition) is 9. The van der Waals surface area contributed by atoms with Crippen LogP contribution in [0.2, 0.25) is 15.1 Å². The number of hydrazone groups is 1. The van der Waals surface area contributed by atoms with E-state index in [2.05, 4.69) is 37.1 Å². The summed E-state index contributed by atoms with van der Waals surface area (Å²) >= 11 is 22.1. The minimum absolute atomic E-state index is 0.183. The molecule has 1 heterocycles. The lowest BCUT2D eigenvalue weighted by Crippen LogP contribution is -2.45. The number of allylic oxidation sites excluding steroid dienone is 1. The molecule has 3 aromatic carbocycles. The van der Waals surface area contributed by atoms with Crippen LogP contribution in [-0.2, 0) is 16.1 Å². The van der Waals surface area contributed by atoms with Crippen molar-refractivity contribution in [3.05, 3.63) is 96.0 Å². The van der Waals surface area contributed by atoms with Crippen LogP contribution in [0.1, 0.15) is 36.6 Å². The molecule has 0 aliphatic carbocycles. The summed E-state index contributed by atoms with van der Waals surface area (Å²) in [4.78, 5) is 24.6. The van der Waals surface area contributed by atoms with E-state index in [0.717, 1.165) is 5.56 Å². The fourth-order valence-corrected chi connectivity index (χ4v) is 5.85. The molecule has 0 saturated heterocycles. The maximum absolute atomic E-state index is 12.4. The lowest BCUT2D eigenvalue weighted by Gasteiger charge is -2.28.